The summed E-state index contributed by atoms with van der Waals surface area (Å²) in [4.78, 5) is 35.8. The van der Waals surface area contributed by atoms with Crippen LogP contribution in [0.5, 0.6) is 11.5 Å². The summed E-state index contributed by atoms with van der Waals surface area (Å²) in [6.07, 6.45) is 29.9. The van der Waals surface area contributed by atoms with Gasteiger partial charge in [-0.2, -0.15) is 0 Å². The maximum absolute atomic E-state index is 15.3. The smallest absolute Gasteiger partial charge is 0.303 e. The predicted molar refractivity (Wildman–Crippen MR) is 305 cm³/mol. The number of aliphatic hydroxyl groups is 1. The van der Waals surface area contributed by atoms with Gasteiger partial charge in [-0.15, -0.1) is 5.92 Å². The standard InChI is InChI=1S/C65H84N4O6S2/c1-42(70)74-62-29-17-45-32-48(56(73)57-55(45)46-18-31-64(75-57)25-8-13-49(64)33-46)38-69-41-63(37-54(69)72)52(44-11-3-2-4-12-44)20-28-61(63)23-7-10-43-16-27-60(34-43)24-9-26-65(60,68-58(66)67-40-61)77-76-39-50-15-14-47(35-59(50)21-5-6-22-59)51(19-30-62)53(71)36-62/h2-4,11-12,18,31-32,43,46-47,49-53,71,73H,5-6,8-10,13-17,19-22,24-30,33-41H2,1H3,(H3,66,67,68)/t43-,46+,47+,49+,50+,51+,52-,53-,60-,61+,62+,63-,64-,65-/m1/s1. The summed E-state index contributed by atoms with van der Waals surface area (Å²) in [5.74, 6) is 12.4. The van der Waals surface area contributed by atoms with Gasteiger partial charge in [0.15, 0.2) is 17.5 Å². The number of ether oxygens (including phenoxy) is 2. The van der Waals surface area contributed by atoms with Crippen LogP contribution >= 0.6 is 21.6 Å². The van der Waals surface area contributed by atoms with Crippen molar-refractivity contribution in [3.05, 3.63) is 70.8 Å². The number of aromatic hydroxyl groups is 1. The van der Waals surface area contributed by atoms with E-state index in [1.807, 2.05) is 4.90 Å². The minimum absolute atomic E-state index is 0.0733. The Morgan fingerprint density at radius 1 is 0.922 bits per heavy atom. The summed E-state index contributed by atoms with van der Waals surface area (Å²) >= 11 is 0. The summed E-state index contributed by atoms with van der Waals surface area (Å²) in [5, 5.41) is 29.4. The van der Waals surface area contributed by atoms with E-state index in [9.17, 15) is 15.0 Å². The normalized spacial score (nSPS) is 42.6. The average molecular weight is 1080 g/mol. The van der Waals surface area contributed by atoms with Gasteiger partial charge < -0.3 is 35.6 Å². The van der Waals surface area contributed by atoms with E-state index in [2.05, 4.69) is 87.3 Å². The zero-order valence-electron chi connectivity index (χ0n) is 45.8. The number of carbonyl (C=O) groups is 2. The number of guanidine groups is 1. The molecule has 2 aromatic carbocycles. The van der Waals surface area contributed by atoms with Crippen LogP contribution in [0, 0.1) is 63.1 Å². The van der Waals surface area contributed by atoms with Gasteiger partial charge in [0.1, 0.15) is 16.1 Å². The van der Waals surface area contributed by atoms with Crippen molar-refractivity contribution < 1.29 is 29.3 Å². The number of allylic oxidation sites excluding steroid dienone is 1. The number of nitrogens with one attached hydrogen (secondary N) is 1. The molecule has 7 saturated carbocycles. The first-order valence-electron chi connectivity index (χ1n) is 30.6. The fourth-order valence-corrected chi connectivity index (χ4v) is 24.3. The minimum Gasteiger partial charge on any atom is -0.504 e. The molecule has 0 radical (unpaired) electrons. The number of aliphatic imine (C=N–C) groups is 1. The van der Waals surface area contributed by atoms with Gasteiger partial charge in [-0.05, 0) is 193 Å². The number of fused-ring (bicyclic) bond motifs is 2. The highest BCUT2D eigenvalue weighted by atomic mass is 33.1. The molecule has 7 heterocycles. The van der Waals surface area contributed by atoms with Gasteiger partial charge in [-0.1, -0.05) is 76.8 Å². The predicted octanol–water partition coefficient (Wildman–Crippen LogP) is 12.4. The van der Waals surface area contributed by atoms with E-state index in [0.29, 0.717) is 85.1 Å². The molecule has 5 N–H and O–H groups in total. The highest BCUT2D eigenvalue weighted by Crippen LogP contribution is 2.68. The van der Waals surface area contributed by atoms with E-state index < -0.39 is 28.1 Å². The maximum atomic E-state index is 15.3. The number of hydrogen-bond donors (Lipinski definition) is 4. The number of phenolic OH excluding ortho intramolecular Hbond substituents is 1. The quantitative estimate of drug-likeness (QED) is 0.0992. The molecule has 8 fully saturated rings. The van der Waals surface area contributed by atoms with Gasteiger partial charge in [0, 0.05) is 78.8 Å². The first-order chi connectivity index (χ1) is 37.3. The van der Waals surface area contributed by atoms with E-state index in [0.717, 1.165) is 93.9 Å². The van der Waals surface area contributed by atoms with E-state index in [-0.39, 0.29) is 52.2 Å². The molecule has 412 valence electrons. The summed E-state index contributed by atoms with van der Waals surface area (Å²) < 4.78 is 13.8. The Labute approximate surface area is 465 Å². The summed E-state index contributed by atoms with van der Waals surface area (Å²) in [6, 6.07) is 13.0. The zero-order valence-corrected chi connectivity index (χ0v) is 47.4. The highest BCUT2D eigenvalue weighted by molar-refractivity contribution is 8.77. The molecule has 77 heavy (non-hydrogen) atoms. The molecular formula is C65H84N4O6S2. The van der Waals surface area contributed by atoms with Gasteiger partial charge in [0.2, 0.25) is 5.91 Å². The van der Waals surface area contributed by atoms with Crippen LogP contribution in [0.15, 0.2) is 53.5 Å². The Kier molecular flexibility index (Phi) is 12.8. The van der Waals surface area contributed by atoms with Gasteiger partial charge in [0.25, 0.3) is 0 Å². The van der Waals surface area contributed by atoms with E-state index >= 15 is 4.79 Å². The Hall–Kier alpha value is -3.79. The lowest BCUT2D eigenvalue weighted by molar-refractivity contribution is -0.171. The van der Waals surface area contributed by atoms with Crippen molar-refractivity contribution in [3.63, 3.8) is 0 Å². The molecule has 0 unspecified atom stereocenters. The fourth-order valence-electron chi connectivity index (χ4n) is 20.3. The van der Waals surface area contributed by atoms with Gasteiger partial charge in [-0.3, -0.25) is 14.6 Å². The van der Waals surface area contributed by atoms with Crippen molar-refractivity contribution in [2.75, 3.05) is 18.8 Å². The van der Waals surface area contributed by atoms with Crippen LogP contribution in [-0.2, 0) is 27.3 Å². The van der Waals surface area contributed by atoms with Crippen molar-refractivity contribution in [2.24, 2.45) is 62.0 Å². The lowest BCUT2D eigenvalue weighted by Gasteiger charge is -2.51. The maximum Gasteiger partial charge on any atom is 0.303 e. The summed E-state index contributed by atoms with van der Waals surface area (Å²) in [5.41, 5.74) is 9.39. The third-order valence-corrected chi connectivity index (χ3v) is 27.3. The molecule has 2 aromatic rings. The number of hydrogen-bond acceptors (Lipinski definition) is 11. The van der Waals surface area contributed by atoms with Crippen molar-refractivity contribution in [3.8, 4) is 23.3 Å². The second kappa shape index (κ2) is 19.2. The molecule has 12 heteroatoms. The van der Waals surface area contributed by atoms with Crippen LogP contribution in [0.2, 0.25) is 0 Å². The molecular weight excluding hydrogens is 997 g/mol. The number of rotatable bonds is 2. The Morgan fingerprint density at radius 2 is 1.79 bits per heavy atom. The van der Waals surface area contributed by atoms with E-state index in [1.54, 1.807) is 0 Å². The molecule has 1 saturated heterocycles. The van der Waals surface area contributed by atoms with Crippen molar-refractivity contribution >= 4 is 39.4 Å². The second-order valence-electron chi connectivity index (χ2n) is 27.6. The van der Waals surface area contributed by atoms with Crippen LogP contribution in [0.3, 0.4) is 0 Å². The van der Waals surface area contributed by atoms with Crippen molar-refractivity contribution in [1.82, 2.24) is 10.2 Å². The number of nitrogens with two attached hydrogens (primary N) is 1. The fraction of sp³-hybridized carbons (Fsp3) is 0.708. The summed E-state index contributed by atoms with van der Waals surface area (Å²) in [7, 11) is 4.21. The number of amides is 1. The Bertz CT molecular complexity index is 2810. The number of phenols is 1. The SMILES string of the molecule is CC(=O)O[C@@]12CCc3cc(c(O)c4c3[C@H]3C=C[C@@]5(CCC[C@H]5C3)O4)CN3C[C@]4(CC3=O)[C@@H](c3ccccc3)CC[C@]43C#CC[C@@H]4CC[C@]5(CCC[C@@]5(NC(N)=NC3)SSC[C@@H]3CC[C@@H](CC35CCCC5)[C@H](CC1)[C@H](O)C2)C4. The van der Waals surface area contributed by atoms with Gasteiger partial charge in [0.05, 0.1) is 18.1 Å². The molecule has 15 aliphatic rings. The molecule has 14 atom stereocenters. The Morgan fingerprint density at radius 3 is 2.64 bits per heavy atom. The van der Waals surface area contributed by atoms with Crippen LogP contribution < -0.4 is 15.8 Å². The third kappa shape index (κ3) is 8.29. The average Bonchev–Trinajstić information content (AvgIpc) is 4.48. The number of carbonyl (C=O) groups excluding carboxylic acids is 2. The van der Waals surface area contributed by atoms with Crippen molar-refractivity contribution in [2.45, 2.75) is 214 Å². The highest BCUT2D eigenvalue weighted by Gasteiger charge is 2.65. The van der Waals surface area contributed by atoms with E-state index in [1.165, 1.54) is 76.7 Å². The molecule has 0 aromatic heterocycles. The molecule has 1 amide bonds. The number of benzene rings is 2. The number of nitrogens with zero attached hydrogens (tertiary/aromatic N) is 2. The number of aliphatic hydroxyl groups excluding tert-OH is 1. The molecule has 10 nitrogen and oxygen atoms in total. The molecule has 14 bridgehead atoms. The summed E-state index contributed by atoms with van der Waals surface area (Å²) in [6.45, 7) is 2.69. The third-order valence-electron chi connectivity index (χ3n) is 24.1. The molecule has 8 aliphatic carbocycles. The van der Waals surface area contributed by atoms with Gasteiger partial charge in [-0.25, -0.2) is 0 Å². The van der Waals surface area contributed by atoms with Crippen LogP contribution in [0.25, 0.3) is 0 Å². The first-order valence-corrected chi connectivity index (χ1v) is 32.9. The molecule has 7 aliphatic heterocycles. The number of esters is 1. The lowest BCUT2D eigenvalue weighted by atomic mass is 9.57. The second-order valence-corrected chi connectivity index (χ2v) is 30.3. The molecule has 6 spiro atoms. The largest absolute Gasteiger partial charge is 0.504 e. The monoisotopic (exact) mass is 1080 g/mol. The van der Waals surface area contributed by atoms with Crippen LogP contribution in [-0.4, -0.2) is 74.0 Å². The van der Waals surface area contributed by atoms with Crippen LogP contribution in [0.1, 0.15) is 202 Å². The zero-order chi connectivity index (χ0) is 52.4. The van der Waals surface area contributed by atoms with Gasteiger partial charge >= 0.3 is 5.97 Å². The minimum atomic E-state index is -0.811. The molecule has 17 rings (SSSR count). The topological polar surface area (TPSA) is 147 Å². The van der Waals surface area contributed by atoms with Crippen LogP contribution in [0.4, 0.5) is 0 Å². The lowest BCUT2D eigenvalue weighted by Crippen LogP contribution is -2.56. The van der Waals surface area contributed by atoms with Crippen molar-refractivity contribution in [1.29, 1.82) is 0 Å². The Balaban J connectivity index is 0.893. The number of aryl methyl sites for hydroxylation is 1. The van der Waals surface area contributed by atoms with E-state index in [4.69, 9.17) is 20.2 Å². The first kappa shape index (κ1) is 51.4.